The summed E-state index contributed by atoms with van der Waals surface area (Å²) in [5.74, 6) is 0.0449. The lowest BCUT2D eigenvalue weighted by molar-refractivity contribution is 0.104. The third kappa shape index (κ3) is 3.90. The van der Waals surface area contributed by atoms with Gasteiger partial charge in [-0.2, -0.15) is 0 Å². The fourth-order valence-corrected chi connectivity index (χ4v) is 3.51. The predicted octanol–water partition coefficient (Wildman–Crippen LogP) is 3.60. The first-order chi connectivity index (χ1) is 10.7. The van der Waals surface area contributed by atoms with Crippen LogP contribution in [0.15, 0.2) is 36.5 Å². The number of nitrogens with zero attached hydrogens (tertiary/aromatic N) is 2. The standard InChI is InChI=1S/C18H23ClN2O/c19-16-7-5-15(6-8-16)18(22)9-13-21-12-3-4-17(21)14-20-10-1-2-11-20/h5-9,13,17H,1-4,10-12,14H2/t17-/m0/s1. The van der Waals surface area contributed by atoms with Gasteiger partial charge in [0.05, 0.1) is 0 Å². The van der Waals surface area contributed by atoms with Gasteiger partial charge in [0.2, 0.25) is 0 Å². The lowest BCUT2D eigenvalue weighted by Gasteiger charge is -2.27. The molecule has 0 bridgehead atoms. The van der Waals surface area contributed by atoms with E-state index in [1.165, 1.54) is 38.8 Å². The third-order valence-electron chi connectivity index (χ3n) is 4.64. The molecule has 2 aliphatic rings. The van der Waals surface area contributed by atoms with Crippen molar-refractivity contribution in [2.24, 2.45) is 0 Å². The summed E-state index contributed by atoms with van der Waals surface area (Å²) in [6.45, 7) is 4.66. The highest BCUT2D eigenvalue weighted by Gasteiger charge is 2.25. The molecule has 0 aromatic heterocycles. The van der Waals surface area contributed by atoms with Gasteiger partial charge in [-0.15, -0.1) is 0 Å². The maximum absolute atomic E-state index is 12.2. The van der Waals surface area contributed by atoms with Crippen molar-refractivity contribution in [1.29, 1.82) is 0 Å². The van der Waals surface area contributed by atoms with Gasteiger partial charge in [0.15, 0.2) is 5.78 Å². The van der Waals surface area contributed by atoms with Gasteiger partial charge in [0.1, 0.15) is 0 Å². The molecule has 0 N–H and O–H groups in total. The zero-order valence-corrected chi connectivity index (χ0v) is 13.6. The van der Waals surface area contributed by atoms with E-state index in [4.69, 9.17) is 11.6 Å². The van der Waals surface area contributed by atoms with E-state index in [2.05, 4.69) is 9.80 Å². The molecule has 0 spiro atoms. The fourth-order valence-electron chi connectivity index (χ4n) is 3.39. The molecule has 2 saturated heterocycles. The van der Waals surface area contributed by atoms with E-state index < -0.39 is 0 Å². The van der Waals surface area contributed by atoms with Crippen LogP contribution in [0.1, 0.15) is 36.0 Å². The first-order valence-electron chi connectivity index (χ1n) is 8.18. The minimum atomic E-state index is 0.0449. The molecule has 118 valence electrons. The Kier molecular flexibility index (Phi) is 5.16. The topological polar surface area (TPSA) is 23.6 Å². The number of halogens is 1. The monoisotopic (exact) mass is 318 g/mol. The molecule has 3 nitrogen and oxygen atoms in total. The normalized spacial score (nSPS) is 22.8. The Morgan fingerprint density at radius 1 is 1.14 bits per heavy atom. The molecule has 2 heterocycles. The molecule has 1 aromatic rings. The van der Waals surface area contributed by atoms with Gasteiger partial charge in [-0.3, -0.25) is 4.79 Å². The Labute approximate surface area is 137 Å². The SMILES string of the molecule is O=C(C=CN1CCC[C@H]1CN1CCCC1)c1ccc(Cl)cc1. The van der Waals surface area contributed by atoms with Crippen molar-refractivity contribution in [3.63, 3.8) is 0 Å². The van der Waals surface area contributed by atoms with E-state index in [1.807, 2.05) is 6.20 Å². The van der Waals surface area contributed by atoms with Crippen molar-refractivity contribution in [2.75, 3.05) is 26.2 Å². The van der Waals surface area contributed by atoms with Crippen LogP contribution in [-0.2, 0) is 0 Å². The van der Waals surface area contributed by atoms with Crippen LogP contribution in [0.2, 0.25) is 5.02 Å². The third-order valence-corrected chi connectivity index (χ3v) is 4.89. The highest BCUT2D eigenvalue weighted by molar-refractivity contribution is 6.30. The average molecular weight is 319 g/mol. The highest BCUT2D eigenvalue weighted by atomic mass is 35.5. The lowest BCUT2D eigenvalue weighted by Crippen LogP contribution is -2.36. The molecule has 1 aromatic carbocycles. The van der Waals surface area contributed by atoms with Crippen LogP contribution in [0.5, 0.6) is 0 Å². The molecule has 3 rings (SSSR count). The van der Waals surface area contributed by atoms with E-state index in [1.54, 1.807) is 30.3 Å². The summed E-state index contributed by atoms with van der Waals surface area (Å²) < 4.78 is 0. The smallest absolute Gasteiger partial charge is 0.187 e. The van der Waals surface area contributed by atoms with Crippen molar-refractivity contribution < 1.29 is 4.79 Å². The van der Waals surface area contributed by atoms with Crippen molar-refractivity contribution in [2.45, 2.75) is 31.7 Å². The van der Waals surface area contributed by atoms with E-state index in [0.29, 0.717) is 16.6 Å². The Balaban J connectivity index is 1.58. The van der Waals surface area contributed by atoms with Crippen LogP contribution in [0.4, 0.5) is 0 Å². The van der Waals surface area contributed by atoms with Crippen molar-refractivity contribution in [1.82, 2.24) is 9.80 Å². The van der Waals surface area contributed by atoms with Gasteiger partial charge >= 0.3 is 0 Å². The summed E-state index contributed by atoms with van der Waals surface area (Å²) in [6, 6.07) is 7.64. The zero-order valence-electron chi connectivity index (χ0n) is 12.9. The van der Waals surface area contributed by atoms with Crippen LogP contribution in [0.3, 0.4) is 0 Å². The molecule has 0 amide bonds. The van der Waals surface area contributed by atoms with Crippen molar-refractivity contribution in [3.05, 3.63) is 47.1 Å². The number of benzene rings is 1. The van der Waals surface area contributed by atoms with Gasteiger partial charge in [-0.1, -0.05) is 11.6 Å². The Bertz CT molecular complexity index is 535. The number of carbonyl (C=O) groups excluding carboxylic acids is 1. The summed E-state index contributed by atoms with van der Waals surface area (Å²) in [5, 5.41) is 0.658. The number of carbonyl (C=O) groups is 1. The number of hydrogen-bond donors (Lipinski definition) is 0. The number of rotatable bonds is 5. The average Bonchev–Trinajstić information content (AvgIpc) is 3.18. The number of hydrogen-bond acceptors (Lipinski definition) is 3. The molecule has 2 fully saturated rings. The summed E-state index contributed by atoms with van der Waals surface area (Å²) in [7, 11) is 0. The Morgan fingerprint density at radius 2 is 1.86 bits per heavy atom. The minimum Gasteiger partial charge on any atom is -0.373 e. The number of allylic oxidation sites excluding steroid dienone is 1. The van der Waals surface area contributed by atoms with Gasteiger partial charge in [-0.05, 0) is 63.0 Å². The highest BCUT2D eigenvalue weighted by Crippen LogP contribution is 2.21. The van der Waals surface area contributed by atoms with Crippen LogP contribution < -0.4 is 0 Å². The van der Waals surface area contributed by atoms with Crippen LogP contribution in [0.25, 0.3) is 0 Å². The largest absolute Gasteiger partial charge is 0.373 e. The molecule has 0 unspecified atom stereocenters. The summed E-state index contributed by atoms with van der Waals surface area (Å²) in [4.78, 5) is 17.1. The molecule has 2 aliphatic heterocycles. The molecule has 0 aliphatic carbocycles. The molecule has 0 radical (unpaired) electrons. The van der Waals surface area contributed by atoms with Gasteiger partial charge in [0.25, 0.3) is 0 Å². The van der Waals surface area contributed by atoms with Crippen molar-refractivity contribution in [3.8, 4) is 0 Å². The molecule has 0 saturated carbocycles. The number of ketones is 1. The van der Waals surface area contributed by atoms with E-state index >= 15 is 0 Å². The van der Waals surface area contributed by atoms with Crippen LogP contribution in [-0.4, -0.2) is 47.8 Å². The fraction of sp³-hybridized carbons (Fsp3) is 0.500. The van der Waals surface area contributed by atoms with Gasteiger partial charge in [0, 0.05) is 42.0 Å². The first-order valence-corrected chi connectivity index (χ1v) is 8.56. The lowest BCUT2D eigenvalue weighted by atomic mass is 10.1. The molecular weight excluding hydrogens is 296 g/mol. The van der Waals surface area contributed by atoms with E-state index in [0.717, 1.165) is 13.1 Å². The van der Waals surface area contributed by atoms with Crippen molar-refractivity contribution >= 4 is 17.4 Å². The van der Waals surface area contributed by atoms with Gasteiger partial charge in [-0.25, -0.2) is 0 Å². The molecule has 22 heavy (non-hydrogen) atoms. The van der Waals surface area contributed by atoms with Crippen LogP contribution in [0, 0.1) is 0 Å². The second-order valence-corrected chi connectivity index (χ2v) is 6.66. The van der Waals surface area contributed by atoms with E-state index in [-0.39, 0.29) is 5.78 Å². The maximum Gasteiger partial charge on any atom is 0.187 e. The van der Waals surface area contributed by atoms with Crippen LogP contribution >= 0.6 is 11.6 Å². The number of likely N-dealkylation sites (tertiary alicyclic amines) is 2. The summed E-state index contributed by atoms with van der Waals surface area (Å²) in [5.41, 5.74) is 0.691. The Hall–Kier alpha value is -1.32. The van der Waals surface area contributed by atoms with Gasteiger partial charge < -0.3 is 9.80 Å². The second-order valence-electron chi connectivity index (χ2n) is 6.23. The Morgan fingerprint density at radius 3 is 2.59 bits per heavy atom. The van der Waals surface area contributed by atoms with E-state index in [9.17, 15) is 4.79 Å². The predicted molar refractivity (Wildman–Crippen MR) is 90.3 cm³/mol. The second kappa shape index (κ2) is 7.30. The summed E-state index contributed by atoms with van der Waals surface area (Å²) >= 11 is 5.85. The summed E-state index contributed by atoms with van der Waals surface area (Å²) in [6.07, 6.45) is 8.80. The maximum atomic E-state index is 12.2. The molecule has 4 heteroatoms. The zero-order chi connectivity index (χ0) is 15.4. The minimum absolute atomic E-state index is 0.0449. The first kappa shape index (κ1) is 15.6. The molecule has 1 atom stereocenters. The molecular formula is C18H23ClN2O. The quantitative estimate of drug-likeness (QED) is 0.612.